The summed E-state index contributed by atoms with van der Waals surface area (Å²) in [6.45, 7) is 4.52. The van der Waals surface area contributed by atoms with Crippen LogP contribution in [-0.4, -0.2) is 29.9 Å². The number of nitrogens with zero attached hydrogens (tertiary/aromatic N) is 1. The van der Waals surface area contributed by atoms with E-state index in [1.807, 2.05) is 16.2 Å². The largest absolute Gasteiger partial charge is 0.337 e. The summed E-state index contributed by atoms with van der Waals surface area (Å²) in [5.74, 6) is 1.07. The van der Waals surface area contributed by atoms with E-state index in [-0.39, 0.29) is 5.91 Å². The minimum atomic E-state index is 0.264. The average Bonchev–Trinajstić information content (AvgIpc) is 2.92. The predicted octanol–water partition coefficient (Wildman–Crippen LogP) is 2.80. The van der Waals surface area contributed by atoms with Crippen LogP contribution in [-0.2, 0) is 17.8 Å². The molecular formula is C16H24N2OS. The van der Waals surface area contributed by atoms with Gasteiger partial charge in [-0.15, -0.1) is 11.3 Å². The van der Waals surface area contributed by atoms with Gasteiger partial charge in [0, 0.05) is 24.0 Å². The van der Waals surface area contributed by atoms with Gasteiger partial charge in [-0.05, 0) is 42.2 Å². The van der Waals surface area contributed by atoms with Crippen LogP contribution >= 0.6 is 11.3 Å². The van der Waals surface area contributed by atoms with E-state index < -0.39 is 0 Å². The maximum atomic E-state index is 12.3. The molecule has 110 valence electrons. The monoisotopic (exact) mass is 292 g/mol. The maximum absolute atomic E-state index is 12.3. The third kappa shape index (κ3) is 3.23. The number of hydrogen-bond donors (Lipinski definition) is 1. The molecule has 1 aliphatic carbocycles. The standard InChI is InChI=1S/C16H24N2OS/c1-12-3-2-4-14(9-12)17-10-16(19)18-7-5-15-13(11-18)6-8-20-15/h6,8,12,14,17H,2-5,7,9-11H2,1H3. The van der Waals surface area contributed by atoms with Gasteiger partial charge in [0.05, 0.1) is 6.54 Å². The van der Waals surface area contributed by atoms with E-state index in [1.54, 1.807) is 0 Å². The van der Waals surface area contributed by atoms with Crippen LogP contribution in [0.15, 0.2) is 11.4 Å². The van der Waals surface area contributed by atoms with Gasteiger partial charge in [-0.25, -0.2) is 0 Å². The molecule has 1 aromatic rings. The van der Waals surface area contributed by atoms with Crippen LogP contribution < -0.4 is 5.32 Å². The Morgan fingerprint density at radius 1 is 1.50 bits per heavy atom. The Morgan fingerprint density at radius 2 is 2.40 bits per heavy atom. The number of thiophene rings is 1. The highest BCUT2D eigenvalue weighted by Crippen LogP contribution is 2.25. The summed E-state index contributed by atoms with van der Waals surface area (Å²) in [7, 11) is 0. The lowest BCUT2D eigenvalue weighted by Crippen LogP contribution is -2.44. The second kappa shape index (κ2) is 6.27. The molecule has 0 radical (unpaired) electrons. The predicted molar refractivity (Wildman–Crippen MR) is 82.9 cm³/mol. The molecule has 1 N–H and O–H groups in total. The molecule has 4 heteroatoms. The smallest absolute Gasteiger partial charge is 0.236 e. The molecule has 3 rings (SSSR count). The van der Waals surface area contributed by atoms with Crippen molar-refractivity contribution in [2.45, 2.75) is 51.6 Å². The van der Waals surface area contributed by atoms with Gasteiger partial charge in [-0.3, -0.25) is 4.79 Å². The maximum Gasteiger partial charge on any atom is 0.236 e. The molecule has 1 fully saturated rings. The molecule has 2 unspecified atom stereocenters. The number of amides is 1. The molecule has 2 atom stereocenters. The summed E-state index contributed by atoms with van der Waals surface area (Å²) in [6.07, 6.45) is 6.13. The summed E-state index contributed by atoms with van der Waals surface area (Å²) in [4.78, 5) is 15.8. The minimum Gasteiger partial charge on any atom is -0.337 e. The molecule has 0 aromatic carbocycles. The third-order valence-electron chi connectivity index (χ3n) is 4.64. The lowest BCUT2D eigenvalue weighted by atomic mass is 9.87. The first kappa shape index (κ1) is 14.1. The highest BCUT2D eigenvalue weighted by atomic mass is 32.1. The van der Waals surface area contributed by atoms with Crippen LogP contribution in [0.5, 0.6) is 0 Å². The van der Waals surface area contributed by atoms with Gasteiger partial charge in [-0.1, -0.05) is 19.8 Å². The zero-order valence-corrected chi connectivity index (χ0v) is 13.0. The van der Waals surface area contributed by atoms with Crippen molar-refractivity contribution in [3.8, 4) is 0 Å². The zero-order valence-electron chi connectivity index (χ0n) is 12.2. The van der Waals surface area contributed by atoms with Gasteiger partial charge < -0.3 is 10.2 Å². The van der Waals surface area contributed by atoms with Crippen LogP contribution in [0, 0.1) is 5.92 Å². The first-order valence-corrected chi connectivity index (χ1v) is 8.66. The van der Waals surface area contributed by atoms with Crippen molar-refractivity contribution >= 4 is 17.2 Å². The second-order valence-corrected chi connectivity index (χ2v) is 7.28. The van der Waals surface area contributed by atoms with E-state index in [2.05, 4.69) is 23.7 Å². The van der Waals surface area contributed by atoms with Crippen LogP contribution in [0.4, 0.5) is 0 Å². The average molecular weight is 292 g/mol. The fraction of sp³-hybridized carbons (Fsp3) is 0.688. The van der Waals surface area contributed by atoms with Gasteiger partial charge in [0.25, 0.3) is 0 Å². The lowest BCUT2D eigenvalue weighted by molar-refractivity contribution is -0.131. The zero-order chi connectivity index (χ0) is 13.9. The molecule has 1 amide bonds. The molecule has 1 aliphatic heterocycles. The molecular weight excluding hydrogens is 268 g/mol. The molecule has 2 aliphatic rings. The quantitative estimate of drug-likeness (QED) is 0.929. The molecule has 0 spiro atoms. The fourth-order valence-electron chi connectivity index (χ4n) is 3.42. The third-order valence-corrected chi connectivity index (χ3v) is 5.66. The number of carbonyl (C=O) groups excluding carboxylic acids is 1. The number of rotatable bonds is 3. The van der Waals surface area contributed by atoms with Crippen LogP contribution in [0.25, 0.3) is 0 Å². The minimum absolute atomic E-state index is 0.264. The molecule has 1 saturated carbocycles. The van der Waals surface area contributed by atoms with Crippen LogP contribution in [0.1, 0.15) is 43.0 Å². The Morgan fingerprint density at radius 3 is 3.25 bits per heavy atom. The van der Waals surface area contributed by atoms with E-state index in [0.717, 1.165) is 25.4 Å². The summed E-state index contributed by atoms with van der Waals surface area (Å²) in [5, 5.41) is 5.62. The number of carbonyl (C=O) groups is 1. The summed E-state index contributed by atoms with van der Waals surface area (Å²) in [5.41, 5.74) is 1.35. The first-order chi connectivity index (χ1) is 9.72. The van der Waals surface area contributed by atoms with Gasteiger partial charge in [0.1, 0.15) is 0 Å². The second-order valence-electron chi connectivity index (χ2n) is 6.28. The molecule has 3 nitrogen and oxygen atoms in total. The van der Waals surface area contributed by atoms with Gasteiger partial charge >= 0.3 is 0 Å². The van der Waals surface area contributed by atoms with Gasteiger partial charge in [0.2, 0.25) is 5.91 Å². The summed E-state index contributed by atoms with van der Waals surface area (Å²) >= 11 is 1.82. The summed E-state index contributed by atoms with van der Waals surface area (Å²) < 4.78 is 0. The van der Waals surface area contributed by atoms with E-state index in [4.69, 9.17) is 0 Å². The van der Waals surface area contributed by atoms with E-state index in [9.17, 15) is 4.79 Å². The topological polar surface area (TPSA) is 32.3 Å². The lowest BCUT2D eigenvalue weighted by Gasteiger charge is -2.30. The van der Waals surface area contributed by atoms with Crippen LogP contribution in [0.3, 0.4) is 0 Å². The molecule has 1 aromatic heterocycles. The Bertz CT molecular complexity index is 471. The van der Waals surface area contributed by atoms with E-state index in [1.165, 1.54) is 36.1 Å². The SMILES string of the molecule is CC1CCCC(NCC(=O)N2CCc3sccc3C2)C1. The van der Waals surface area contributed by atoms with E-state index in [0.29, 0.717) is 12.6 Å². The Balaban J connectivity index is 1.48. The number of fused-ring (bicyclic) bond motifs is 1. The van der Waals surface area contributed by atoms with Crippen molar-refractivity contribution in [3.63, 3.8) is 0 Å². The number of hydrogen-bond acceptors (Lipinski definition) is 3. The van der Waals surface area contributed by atoms with Crippen LogP contribution in [0.2, 0.25) is 0 Å². The molecule has 0 saturated heterocycles. The van der Waals surface area contributed by atoms with Crippen molar-refractivity contribution in [2.75, 3.05) is 13.1 Å². The molecule has 0 bridgehead atoms. The van der Waals surface area contributed by atoms with Crippen molar-refractivity contribution in [1.82, 2.24) is 10.2 Å². The van der Waals surface area contributed by atoms with E-state index >= 15 is 0 Å². The van der Waals surface area contributed by atoms with Crippen molar-refractivity contribution < 1.29 is 4.79 Å². The molecule has 20 heavy (non-hydrogen) atoms. The first-order valence-electron chi connectivity index (χ1n) is 7.79. The Kier molecular flexibility index (Phi) is 4.41. The van der Waals surface area contributed by atoms with Gasteiger partial charge in [0.15, 0.2) is 0 Å². The van der Waals surface area contributed by atoms with Crippen molar-refractivity contribution in [1.29, 1.82) is 0 Å². The highest BCUT2D eigenvalue weighted by molar-refractivity contribution is 7.10. The Labute approximate surface area is 125 Å². The normalized spacial score (nSPS) is 26.4. The molecule has 2 heterocycles. The number of nitrogens with one attached hydrogen (secondary N) is 1. The van der Waals surface area contributed by atoms with Gasteiger partial charge in [-0.2, -0.15) is 0 Å². The fourth-order valence-corrected chi connectivity index (χ4v) is 4.31. The highest BCUT2D eigenvalue weighted by Gasteiger charge is 2.23. The van der Waals surface area contributed by atoms with Crippen molar-refractivity contribution in [3.05, 3.63) is 21.9 Å². The summed E-state index contributed by atoms with van der Waals surface area (Å²) in [6, 6.07) is 2.71. The Hall–Kier alpha value is -0.870. The van der Waals surface area contributed by atoms with Crippen molar-refractivity contribution in [2.24, 2.45) is 5.92 Å².